The number of aliphatic hydroxyl groups is 1. The minimum Gasteiger partial charge on any atom is -0.500 e. The molecule has 0 atom stereocenters. The summed E-state index contributed by atoms with van der Waals surface area (Å²) in [5.74, 6) is -0.347. The predicted octanol–water partition coefficient (Wildman–Crippen LogP) is 2.50. The number of aliphatic hydroxyl groups excluding tert-OH is 1. The first-order valence-corrected chi connectivity index (χ1v) is 4.14. The first-order chi connectivity index (χ1) is 6.84. The van der Waals surface area contributed by atoms with E-state index in [0.717, 1.165) is 0 Å². The second kappa shape index (κ2) is 7.85. The van der Waals surface area contributed by atoms with Crippen LogP contribution in [-0.2, 0) is 17.1 Å². The molecule has 0 fully saturated rings. The van der Waals surface area contributed by atoms with Crippen molar-refractivity contribution in [1.29, 1.82) is 0 Å². The molecule has 2 rings (SSSR count). The third-order valence-corrected chi connectivity index (χ3v) is 1.57. The van der Waals surface area contributed by atoms with Gasteiger partial charge >= 0.3 is 17.1 Å². The van der Waals surface area contributed by atoms with E-state index in [0.29, 0.717) is 5.56 Å². The molecule has 2 N–H and O–H groups in total. The average molecular weight is 245 g/mol. The Morgan fingerprint density at radius 2 is 1.60 bits per heavy atom. The van der Waals surface area contributed by atoms with Gasteiger partial charge in [-0.25, -0.2) is 24.3 Å². The van der Waals surface area contributed by atoms with Gasteiger partial charge in [0.05, 0.1) is 0 Å². The van der Waals surface area contributed by atoms with Gasteiger partial charge in [-0.2, -0.15) is 30.3 Å². The quantitative estimate of drug-likeness (QED) is 0.202. The molecule has 0 radical (unpaired) electrons. The summed E-state index contributed by atoms with van der Waals surface area (Å²) in [6.45, 7) is 0. The normalized spacial score (nSPS) is 9.73. The molecule has 2 aromatic rings. The SMILES string of the molecule is ON=C(O)[c-]1cccc1.[Fe+2].c1cc[cH-]c1. The monoisotopic (exact) mass is 245 g/mol. The molecule has 0 aliphatic carbocycles. The maximum absolute atomic E-state index is 8.72. The van der Waals surface area contributed by atoms with Crippen molar-refractivity contribution in [2.24, 2.45) is 5.16 Å². The van der Waals surface area contributed by atoms with Crippen molar-refractivity contribution in [3.8, 4) is 0 Å². The Labute approximate surface area is 98.9 Å². The van der Waals surface area contributed by atoms with Crippen LogP contribution in [0.1, 0.15) is 5.56 Å². The van der Waals surface area contributed by atoms with Gasteiger partial charge in [-0.3, -0.25) is 0 Å². The Bertz CT molecular complexity index is 335. The van der Waals surface area contributed by atoms with Crippen molar-refractivity contribution in [3.63, 3.8) is 0 Å². The smallest absolute Gasteiger partial charge is 0.500 e. The molecule has 0 unspecified atom stereocenters. The van der Waals surface area contributed by atoms with Crippen molar-refractivity contribution in [1.82, 2.24) is 0 Å². The number of hydrogen-bond donors (Lipinski definition) is 2. The van der Waals surface area contributed by atoms with Crippen molar-refractivity contribution < 1.29 is 27.4 Å². The molecule has 0 heterocycles. The van der Waals surface area contributed by atoms with Gasteiger partial charge in [0.1, 0.15) is 0 Å². The van der Waals surface area contributed by atoms with Gasteiger partial charge < -0.3 is 10.3 Å². The van der Waals surface area contributed by atoms with Gasteiger partial charge in [-0.15, -0.1) is 0 Å². The Kier molecular flexibility index (Phi) is 7.06. The van der Waals surface area contributed by atoms with Crippen molar-refractivity contribution in [2.75, 3.05) is 0 Å². The molecule has 0 saturated heterocycles. The van der Waals surface area contributed by atoms with Crippen LogP contribution in [0.5, 0.6) is 0 Å². The average Bonchev–Trinajstić information content (AvgIpc) is 2.91. The Morgan fingerprint density at radius 3 is 1.93 bits per heavy atom. The van der Waals surface area contributed by atoms with E-state index in [1.54, 1.807) is 24.3 Å². The van der Waals surface area contributed by atoms with E-state index in [1.165, 1.54) is 0 Å². The minimum absolute atomic E-state index is 0. The second-order valence-corrected chi connectivity index (χ2v) is 2.56. The molecule has 80 valence electrons. The van der Waals surface area contributed by atoms with Gasteiger partial charge in [0.15, 0.2) is 5.90 Å². The van der Waals surface area contributed by atoms with Gasteiger partial charge in [0, 0.05) is 0 Å². The molecule has 0 spiro atoms. The molecule has 0 amide bonds. The van der Waals surface area contributed by atoms with E-state index in [4.69, 9.17) is 10.3 Å². The zero-order valence-corrected chi connectivity index (χ0v) is 9.00. The Morgan fingerprint density at radius 1 is 1.07 bits per heavy atom. The van der Waals surface area contributed by atoms with Crippen LogP contribution in [-0.4, -0.2) is 16.2 Å². The minimum atomic E-state index is -0.347. The summed E-state index contributed by atoms with van der Waals surface area (Å²) in [6, 6.07) is 16.8. The summed E-state index contributed by atoms with van der Waals surface area (Å²) in [4.78, 5) is 0. The number of rotatable bonds is 1. The van der Waals surface area contributed by atoms with Crippen LogP contribution in [0.4, 0.5) is 0 Å². The standard InChI is InChI=1S/C6H6NO2.C5H5.Fe/c8-6(7-9)5-3-1-2-4-5;1-2-4-5-3-1;/h1-4,9H,(H,7,8);1-5H;/q2*-1;+2. The van der Waals surface area contributed by atoms with Crippen molar-refractivity contribution in [3.05, 3.63) is 60.2 Å². The van der Waals surface area contributed by atoms with E-state index in [-0.39, 0.29) is 23.0 Å². The molecule has 0 aliphatic rings. The van der Waals surface area contributed by atoms with Crippen LogP contribution in [0.15, 0.2) is 59.8 Å². The summed E-state index contributed by atoms with van der Waals surface area (Å²) >= 11 is 0. The fourth-order valence-corrected chi connectivity index (χ4v) is 0.902. The van der Waals surface area contributed by atoms with Gasteiger partial charge in [-0.1, -0.05) is 10.7 Å². The third-order valence-electron chi connectivity index (χ3n) is 1.57. The first kappa shape index (κ1) is 13.5. The van der Waals surface area contributed by atoms with Gasteiger partial charge in [0.2, 0.25) is 0 Å². The summed E-state index contributed by atoms with van der Waals surface area (Å²) in [5.41, 5.74) is 0.525. The van der Waals surface area contributed by atoms with Crippen LogP contribution in [0.3, 0.4) is 0 Å². The number of nitrogens with zero attached hydrogens (tertiary/aromatic N) is 1. The molecular formula is C11H11FeNO2. The molecule has 0 aromatic heterocycles. The molecule has 0 aliphatic heterocycles. The molecule has 2 aromatic carbocycles. The molecule has 0 bridgehead atoms. The van der Waals surface area contributed by atoms with E-state index >= 15 is 0 Å². The van der Waals surface area contributed by atoms with Gasteiger partial charge in [-0.05, 0) is 0 Å². The van der Waals surface area contributed by atoms with Crippen LogP contribution in [0.25, 0.3) is 0 Å². The van der Waals surface area contributed by atoms with Crippen LogP contribution in [0, 0.1) is 0 Å². The van der Waals surface area contributed by atoms with Crippen molar-refractivity contribution >= 4 is 5.90 Å². The Hall–Kier alpha value is -1.51. The number of oxime groups is 1. The van der Waals surface area contributed by atoms with Gasteiger partial charge in [0.25, 0.3) is 0 Å². The summed E-state index contributed by atoms with van der Waals surface area (Å²) in [6.07, 6.45) is 0. The topological polar surface area (TPSA) is 52.8 Å². The van der Waals surface area contributed by atoms with Crippen LogP contribution < -0.4 is 0 Å². The summed E-state index contributed by atoms with van der Waals surface area (Å²) in [5, 5.41) is 19.4. The largest absolute Gasteiger partial charge is 2.00 e. The summed E-state index contributed by atoms with van der Waals surface area (Å²) in [7, 11) is 0. The van der Waals surface area contributed by atoms with E-state index < -0.39 is 0 Å². The first-order valence-electron chi connectivity index (χ1n) is 4.14. The maximum Gasteiger partial charge on any atom is 2.00 e. The van der Waals surface area contributed by atoms with Crippen LogP contribution in [0.2, 0.25) is 0 Å². The zero-order chi connectivity index (χ0) is 10.2. The van der Waals surface area contributed by atoms with Crippen molar-refractivity contribution in [2.45, 2.75) is 0 Å². The third kappa shape index (κ3) is 5.05. The number of hydrogen-bond acceptors (Lipinski definition) is 2. The van der Waals surface area contributed by atoms with E-state index in [1.807, 2.05) is 30.3 Å². The molecule has 4 heteroatoms. The second-order valence-electron chi connectivity index (χ2n) is 2.56. The summed E-state index contributed by atoms with van der Waals surface area (Å²) < 4.78 is 0. The van der Waals surface area contributed by atoms with E-state index in [9.17, 15) is 0 Å². The molecule has 15 heavy (non-hydrogen) atoms. The van der Waals surface area contributed by atoms with Crippen LogP contribution >= 0.6 is 0 Å². The van der Waals surface area contributed by atoms with E-state index in [2.05, 4.69) is 5.16 Å². The molecule has 3 nitrogen and oxygen atoms in total. The predicted molar refractivity (Wildman–Crippen MR) is 55.0 cm³/mol. The Balaban J connectivity index is 0.000000280. The fraction of sp³-hybridized carbons (Fsp3) is 0. The zero-order valence-electron chi connectivity index (χ0n) is 7.89. The maximum atomic E-state index is 8.72. The fourth-order valence-electron chi connectivity index (χ4n) is 0.902. The molecule has 0 saturated carbocycles. The molecular weight excluding hydrogens is 234 g/mol.